The van der Waals surface area contributed by atoms with E-state index in [2.05, 4.69) is 0 Å². The van der Waals surface area contributed by atoms with Crippen molar-refractivity contribution in [3.8, 4) is 0 Å². The van der Waals surface area contributed by atoms with Crippen LogP contribution in [0.1, 0.15) is 27.2 Å². The van der Waals surface area contributed by atoms with Crippen LogP contribution in [-0.4, -0.2) is 48.2 Å². The molecule has 1 N–H and O–H groups in total. The van der Waals surface area contributed by atoms with Gasteiger partial charge in [-0.2, -0.15) is 0 Å². The highest BCUT2D eigenvalue weighted by molar-refractivity contribution is 5.86. The number of amides is 1. The number of carbonyl (C=O) groups is 2. The number of carboxylic acid groups (broad SMARTS) is 1. The second-order valence-electron chi connectivity index (χ2n) is 3.63. The minimum Gasteiger partial charge on any atom is -0.481 e. The lowest BCUT2D eigenvalue weighted by molar-refractivity contribution is -0.141. The summed E-state index contributed by atoms with van der Waals surface area (Å²) in [4.78, 5) is 23.6. The summed E-state index contributed by atoms with van der Waals surface area (Å²) >= 11 is 0. The second-order valence-corrected chi connectivity index (χ2v) is 3.63. The molecule has 0 bridgehead atoms. The molecular weight excluding hydrogens is 210 g/mol. The first-order valence-electron chi connectivity index (χ1n) is 5.23. The van der Waals surface area contributed by atoms with E-state index in [9.17, 15) is 9.59 Å². The first-order valence-corrected chi connectivity index (χ1v) is 5.23. The Bertz CT molecular complexity index is 242. The molecule has 1 rings (SSSR count). The number of hydrogen-bond donors (Lipinski definition) is 1. The molecule has 1 atom stereocenters. The topological polar surface area (TPSA) is 66.8 Å². The third kappa shape index (κ3) is 4.18. The summed E-state index contributed by atoms with van der Waals surface area (Å²) in [6.45, 7) is 4.16. The van der Waals surface area contributed by atoms with Gasteiger partial charge in [-0.15, -0.1) is 0 Å². The monoisotopic (exact) mass is 231 g/mol. The molecule has 0 aromatic rings. The van der Waals surface area contributed by atoms with Gasteiger partial charge in [0.2, 0.25) is 5.91 Å². The maximum absolute atomic E-state index is 11.4. The van der Waals surface area contributed by atoms with Crippen molar-refractivity contribution in [3.63, 3.8) is 0 Å². The molecule has 1 aliphatic rings. The first-order chi connectivity index (χ1) is 7.15. The molecule has 1 heterocycles. The van der Waals surface area contributed by atoms with Crippen LogP contribution in [0.2, 0.25) is 0 Å². The molecule has 1 aliphatic heterocycles. The van der Waals surface area contributed by atoms with Gasteiger partial charge < -0.3 is 14.7 Å². The molecule has 0 aromatic heterocycles. The SMILES string of the molecule is C.CCOCCCN1CC(C(=O)O)CC1=O. The molecule has 0 aliphatic carbocycles. The van der Waals surface area contributed by atoms with E-state index < -0.39 is 11.9 Å². The van der Waals surface area contributed by atoms with E-state index in [1.54, 1.807) is 4.90 Å². The Morgan fingerprint density at radius 1 is 1.62 bits per heavy atom. The summed E-state index contributed by atoms with van der Waals surface area (Å²) in [6.07, 6.45) is 0.913. The molecule has 0 radical (unpaired) electrons. The highest BCUT2D eigenvalue weighted by Gasteiger charge is 2.33. The van der Waals surface area contributed by atoms with E-state index in [0.29, 0.717) is 26.3 Å². The van der Waals surface area contributed by atoms with Gasteiger partial charge in [-0.25, -0.2) is 0 Å². The number of hydrogen-bond acceptors (Lipinski definition) is 3. The zero-order chi connectivity index (χ0) is 11.3. The summed E-state index contributed by atoms with van der Waals surface area (Å²) in [6, 6.07) is 0. The molecule has 0 saturated carbocycles. The molecule has 1 fully saturated rings. The average Bonchev–Trinajstić information content (AvgIpc) is 2.55. The highest BCUT2D eigenvalue weighted by Crippen LogP contribution is 2.17. The first kappa shape index (κ1) is 14.9. The van der Waals surface area contributed by atoms with Gasteiger partial charge in [-0.1, -0.05) is 7.43 Å². The van der Waals surface area contributed by atoms with Crippen LogP contribution in [-0.2, 0) is 14.3 Å². The lowest BCUT2D eigenvalue weighted by Crippen LogP contribution is -2.28. The molecule has 1 amide bonds. The van der Waals surface area contributed by atoms with Crippen molar-refractivity contribution in [2.24, 2.45) is 5.92 Å². The van der Waals surface area contributed by atoms with Crippen molar-refractivity contribution in [1.29, 1.82) is 0 Å². The predicted molar refractivity (Wildman–Crippen MR) is 60.2 cm³/mol. The normalized spacial score (nSPS) is 19.7. The van der Waals surface area contributed by atoms with Crippen LogP contribution in [0.4, 0.5) is 0 Å². The molecule has 0 aromatic carbocycles. The molecule has 94 valence electrons. The fraction of sp³-hybridized carbons (Fsp3) is 0.818. The van der Waals surface area contributed by atoms with Gasteiger partial charge in [0.25, 0.3) is 0 Å². The Labute approximate surface area is 96.4 Å². The van der Waals surface area contributed by atoms with Gasteiger partial charge in [0.1, 0.15) is 0 Å². The van der Waals surface area contributed by atoms with Crippen LogP contribution in [0.15, 0.2) is 0 Å². The maximum Gasteiger partial charge on any atom is 0.308 e. The number of ether oxygens (including phenoxy) is 1. The van der Waals surface area contributed by atoms with Crippen molar-refractivity contribution in [3.05, 3.63) is 0 Å². The fourth-order valence-corrected chi connectivity index (χ4v) is 1.66. The minimum atomic E-state index is -0.879. The Morgan fingerprint density at radius 2 is 2.31 bits per heavy atom. The largest absolute Gasteiger partial charge is 0.481 e. The van der Waals surface area contributed by atoms with Crippen molar-refractivity contribution in [2.75, 3.05) is 26.3 Å². The van der Waals surface area contributed by atoms with E-state index in [4.69, 9.17) is 9.84 Å². The standard InChI is InChI=1S/C10H17NO4.CH4/c1-2-15-5-3-4-11-7-8(10(13)14)6-9(11)12;/h8H,2-7H2,1H3,(H,13,14);1H4. The number of carbonyl (C=O) groups excluding carboxylic acids is 1. The van der Waals surface area contributed by atoms with Gasteiger partial charge >= 0.3 is 5.97 Å². The van der Waals surface area contributed by atoms with Crippen molar-refractivity contribution < 1.29 is 19.4 Å². The Morgan fingerprint density at radius 3 is 2.81 bits per heavy atom. The maximum atomic E-state index is 11.4. The zero-order valence-electron chi connectivity index (χ0n) is 8.94. The lowest BCUT2D eigenvalue weighted by atomic mass is 10.1. The van der Waals surface area contributed by atoms with Crippen LogP contribution in [0, 0.1) is 5.92 Å². The number of aliphatic carboxylic acids is 1. The Hall–Kier alpha value is -1.10. The molecule has 0 spiro atoms. The average molecular weight is 231 g/mol. The lowest BCUT2D eigenvalue weighted by Gasteiger charge is -2.15. The van der Waals surface area contributed by atoms with Crippen molar-refractivity contribution >= 4 is 11.9 Å². The summed E-state index contributed by atoms with van der Waals surface area (Å²) in [7, 11) is 0. The van der Waals surface area contributed by atoms with E-state index >= 15 is 0 Å². The van der Waals surface area contributed by atoms with E-state index in [1.165, 1.54) is 0 Å². The summed E-state index contributed by atoms with van der Waals surface area (Å²) < 4.78 is 5.15. The zero-order valence-corrected chi connectivity index (χ0v) is 8.94. The van der Waals surface area contributed by atoms with E-state index in [1.807, 2.05) is 6.92 Å². The van der Waals surface area contributed by atoms with Crippen LogP contribution in [0.3, 0.4) is 0 Å². The van der Waals surface area contributed by atoms with Crippen LogP contribution >= 0.6 is 0 Å². The molecular formula is C11H21NO4. The van der Waals surface area contributed by atoms with Crippen molar-refractivity contribution in [2.45, 2.75) is 27.2 Å². The summed E-state index contributed by atoms with van der Waals surface area (Å²) in [5, 5.41) is 8.75. The predicted octanol–water partition coefficient (Wildman–Crippen LogP) is 0.982. The van der Waals surface area contributed by atoms with E-state index in [-0.39, 0.29) is 19.8 Å². The van der Waals surface area contributed by atoms with Gasteiger partial charge in [-0.3, -0.25) is 9.59 Å². The van der Waals surface area contributed by atoms with Gasteiger partial charge in [0.15, 0.2) is 0 Å². The molecule has 5 nitrogen and oxygen atoms in total. The van der Waals surface area contributed by atoms with Gasteiger partial charge in [0, 0.05) is 32.7 Å². The van der Waals surface area contributed by atoms with E-state index in [0.717, 1.165) is 6.42 Å². The van der Waals surface area contributed by atoms with Crippen molar-refractivity contribution in [1.82, 2.24) is 4.90 Å². The Kier molecular flexibility index (Phi) is 6.72. The molecule has 16 heavy (non-hydrogen) atoms. The molecule has 5 heteroatoms. The van der Waals surface area contributed by atoms with Crippen LogP contribution in [0.5, 0.6) is 0 Å². The third-order valence-corrected chi connectivity index (χ3v) is 2.48. The quantitative estimate of drug-likeness (QED) is 0.692. The van der Waals surface area contributed by atoms with Gasteiger partial charge in [-0.05, 0) is 13.3 Å². The van der Waals surface area contributed by atoms with Gasteiger partial charge in [0.05, 0.1) is 5.92 Å². The number of carboxylic acids is 1. The fourth-order valence-electron chi connectivity index (χ4n) is 1.66. The third-order valence-electron chi connectivity index (χ3n) is 2.48. The summed E-state index contributed by atoms with van der Waals surface area (Å²) in [5.74, 6) is -1.46. The molecule has 1 saturated heterocycles. The second kappa shape index (κ2) is 7.22. The minimum absolute atomic E-state index is 0. The molecule has 1 unspecified atom stereocenters. The number of nitrogens with zero attached hydrogens (tertiary/aromatic N) is 1. The number of rotatable bonds is 6. The summed E-state index contributed by atoms with van der Waals surface area (Å²) in [5.41, 5.74) is 0. The van der Waals surface area contributed by atoms with Crippen LogP contribution < -0.4 is 0 Å². The Balaban J connectivity index is 0.00000225. The smallest absolute Gasteiger partial charge is 0.308 e. The van der Waals surface area contributed by atoms with Crippen LogP contribution in [0.25, 0.3) is 0 Å². The number of likely N-dealkylation sites (tertiary alicyclic amines) is 1. The highest BCUT2D eigenvalue weighted by atomic mass is 16.5.